The molecule has 0 saturated carbocycles. The Balaban J connectivity index is 2.08. The maximum atomic E-state index is 13.2. The third-order valence-electron chi connectivity index (χ3n) is 4.92. The minimum Gasteiger partial charge on any atom is -0.497 e. The first kappa shape index (κ1) is 19.8. The molecular formula is C20H25N3O5. The van der Waals surface area contributed by atoms with Crippen molar-refractivity contribution in [2.75, 3.05) is 47.6 Å². The fourth-order valence-electron chi connectivity index (χ4n) is 3.55. The maximum Gasteiger partial charge on any atom is 0.322 e. The van der Waals surface area contributed by atoms with E-state index in [0.29, 0.717) is 54.6 Å². The summed E-state index contributed by atoms with van der Waals surface area (Å²) in [5, 5.41) is 2.94. The lowest BCUT2D eigenvalue weighted by Gasteiger charge is -2.33. The van der Waals surface area contributed by atoms with Gasteiger partial charge in [0.1, 0.15) is 11.5 Å². The number of nitrogens with one attached hydrogen (secondary N) is 1. The van der Waals surface area contributed by atoms with Crippen LogP contribution in [0.1, 0.15) is 11.6 Å². The normalized spacial score (nSPS) is 18.9. The Hall–Kier alpha value is -3.00. The largest absolute Gasteiger partial charge is 0.497 e. The van der Waals surface area contributed by atoms with Crippen molar-refractivity contribution in [2.24, 2.45) is 0 Å². The molecule has 1 atom stereocenters. The number of ether oxygens (including phenoxy) is 3. The van der Waals surface area contributed by atoms with Crippen molar-refractivity contribution in [3.63, 3.8) is 0 Å². The second-order valence-electron chi connectivity index (χ2n) is 6.47. The predicted octanol–water partition coefficient (Wildman–Crippen LogP) is 1.70. The molecule has 0 radical (unpaired) electrons. The highest BCUT2D eigenvalue weighted by molar-refractivity contribution is 6.01. The molecule has 2 aliphatic heterocycles. The molecule has 0 spiro atoms. The van der Waals surface area contributed by atoms with Crippen molar-refractivity contribution < 1.29 is 23.8 Å². The molecule has 0 unspecified atom stereocenters. The Bertz CT molecular complexity index is 820. The van der Waals surface area contributed by atoms with Gasteiger partial charge in [-0.3, -0.25) is 9.69 Å². The second kappa shape index (κ2) is 8.35. The lowest BCUT2D eigenvalue weighted by Crippen LogP contribution is -2.47. The summed E-state index contributed by atoms with van der Waals surface area (Å²) in [6.45, 7) is 5.25. The van der Waals surface area contributed by atoms with Crippen molar-refractivity contribution in [3.8, 4) is 11.5 Å². The van der Waals surface area contributed by atoms with Gasteiger partial charge in [-0.25, -0.2) is 4.79 Å². The van der Waals surface area contributed by atoms with Gasteiger partial charge in [-0.2, -0.15) is 0 Å². The molecule has 0 fully saturated rings. The molecule has 2 heterocycles. The van der Waals surface area contributed by atoms with Crippen LogP contribution in [0.3, 0.4) is 0 Å². The zero-order valence-electron chi connectivity index (χ0n) is 16.4. The molecule has 0 aromatic heterocycles. The van der Waals surface area contributed by atoms with Crippen LogP contribution in [0.4, 0.5) is 4.79 Å². The molecule has 8 nitrogen and oxygen atoms in total. The fraction of sp³-hybridized carbons (Fsp3) is 0.400. The third-order valence-corrected chi connectivity index (χ3v) is 4.92. The standard InChI is InChI=1S/C20H25N3O5/c1-5-8-23-15-12-22(9-10-26-2)19(24)17(15)18(21-20(23)25)14-11-13(27-3)6-7-16(14)28-4/h5-7,11,18H,1,8-10,12H2,2-4H3,(H,21,25)/t18-/m0/s1. The van der Waals surface area contributed by atoms with Crippen molar-refractivity contribution in [2.45, 2.75) is 6.04 Å². The monoisotopic (exact) mass is 387 g/mol. The number of urea groups is 1. The average Bonchev–Trinajstić information content (AvgIpc) is 3.04. The first-order chi connectivity index (χ1) is 13.5. The van der Waals surface area contributed by atoms with Gasteiger partial charge in [0.2, 0.25) is 0 Å². The smallest absolute Gasteiger partial charge is 0.322 e. The van der Waals surface area contributed by atoms with E-state index < -0.39 is 6.04 Å². The zero-order valence-corrected chi connectivity index (χ0v) is 16.4. The molecule has 1 N–H and O–H groups in total. The molecule has 0 aliphatic carbocycles. The van der Waals surface area contributed by atoms with Crippen molar-refractivity contribution >= 4 is 11.9 Å². The van der Waals surface area contributed by atoms with Crippen LogP contribution in [-0.4, -0.2) is 69.3 Å². The number of methoxy groups -OCH3 is 3. The Morgan fingerprint density at radius 2 is 2.04 bits per heavy atom. The number of nitrogens with zero attached hydrogens (tertiary/aromatic N) is 2. The molecule has 1 aromatic rings. The molecule has 0 saturated heterocycles. The molecule has 2 aliphatic rings. The van der Waals surface area contributed by atoms with Crippen molar-refractivity contribution in [1.29, 1.82) is 0 Å². The number of carbonyl (C=O) groups is 2. The Kier molecular flexibility index (Phi) is 5.89. The van der Waals surface area contributed by atoms with Crippen LogP contribution >= 0.6 is 0 Å². The van der Waals surface area contributed by atoms with Gasteiger partial charge < -0.3 is 24.4 Å². The third kappa shape index (κ3) is 3.43. The first-order valence-corrected chi connectivity index (χ1v) is 8.97. The van der Waals surface area contributed by atoms with Crippen LogP contribution in [0.2, 0.25) is 0 Å². The van der Waals surface area contributed by atoms with Gasteiger partial charge in [0, 0.05) is 25.8 Å². The summed E-state index contributed by atoms with van der Waals surface area (Å²) in [5.74, 6) is 1.05. The summed E-state index contributed by atoms with van der Waals surface area (Å²) in [6.07, 6.45) is 1.64. The Labute approximate surface area is 164 Å². The summed E-state index contributed by atoms with van der Waals surface area (Å²) < 4.78 is 15.9. The van der Waals surface area contributed by atoms with Crippen LogP contribution < -0.4 is 14.8 Å². The minimum atomic E-state index is -0.631. The van der Waals surface area contributed by atoms with E-state index in [9.17, 15) is 9.59 Å². The summed E-state index contributed by atoms with van der Waals surface area (Å²) in [5.41, 5.74) is 1.88. The molecule has 0 bridgehead atoms. The van der Waals surface area contributed by atoms with E-state index in [-0.39, 0.29) is 11.9 Å². The van der Waals surface area contributed by atoms with Gasteiger partial charge >= 0.3 is 6.03 Å². The number of hydrogen-bond acceptors (Lipinski definition) is 5. The van der Waals surface area contributed by atoms with Crippen LogP contribution in [0.15, 0.2) is 42.1 Å². The number of rotatable bonds is 8. The van der Waals surface area contributed by atoms with Crippen LogP contribution in [0, 0.1) is 0 Å². The van der Waals surface area contributed by atoms with Crippen LogP contribution in [0.25, 0.3) is 0 Å². The van der Waals surface area contributed by atoms with Gasteiger partial charge in [0.25, 0.3) is 5.91 Å². The van der Waals surface area contributed by atoms with Gasteiger partial charge in [0.05, 0.1) is 44.7 Å². The first-order valence-electron chi connectivity index (χ1n) is 8.97. The summed E-state index contributed by atoms with van der Waals surface area (Å²) >= 11 is 0. The quantitative estimate of drug-likeness (QED) is 0.687. The van der Waals surface area contributed by atoms with Crippen molar-refractivity contribution in [1.82, 2.24) is 15.1 Å². The molecule has 1 aromatic carbocycles. The number of hydrogen-bond donors (Lipinski definition) is 1. The SMILES string of the molecule is C=CCN1C(=O)N[C@@H](c2cc(OC)ccc2OC)C2=C1CN(CCOC)C2=O. The van der Waals surface area contributed by atoms with E-state index in [2.05, 4.69) is 11.9 Å². The highest BCUT2D eigenvalue weighted by Gasteiger charge is 2.44. The number of benzene rings is 1. The van der Waals surface area contributed by atoms with E-state index in [1.54, 1.807) is 55.4 Å². The molecule has 3 rings (SSSR count). The van der Waals surface area contributed by atoms with E-state index in [0.717, 1.165) is 0 Å². The van der Waals surface area contributed by atoms with Gasteiger partial charge in [-0.15, -0.1) is 6.58 Å². The van der Waals surface area contributed by atoms with Crippen molar-refractivity contribution in [3.05, 3.63) is 47.7 Å². The zero-order chi connectivity index (χ0) is 20.3. The van der Waals surface area contributed by atoms with E-state index in [4.69, 9.17) is 14.2 Å². The van der Waals surface area contributed by atoms with E-state index >= 15 is 0 Å². The molecule has 28 heavy (non-hydrogen) atoms. The average molecular weight is 387 g/mol. The minimum absolute atomic E-state index is 0.129. The highest BCUT2D eigenvalue weighted by atomic mass is 16.5. The van der Waals surface area contributed by atoms with Gasteiger partial charge in [-0.1, -0.05) is 6.08 Å². The molecule has 8 heteroatoms. The number of amides is 3. The molecule has 3 amide bonds. The molecule has 150 valence electrons. The summed E-state index contributed by atoms with van der Waals surface area (Å²) in [6, 6.07) is 4.40. The Morgan fingerprint density at radius 1 is 1.25 bits per heavy atom. The Morgan fingerprint density at radius 3 is 2.68 bits per heavy atom. The number of carbonyl (C=O) groups excluding carboxylic acids is 2. The molecular weight excluding hydrogens is 362 g/mol. The second-order valence-corrected chi connectivity index (χ2v) is 6.47. The lowest BCUT2D eigenvalue weighted by molar-refractivity contribution is -0.126. The van der Waals surface area contributed by atoms with Crippen LogP contribution in [0.5, 0.6) is 11.5 Å². The topological polar surface area (TPSA) is 80.3 Å². The predicted molar refractivity (Wildman–Crippen MR) is 103 cm³/mol. The van der Waals surface area contributed by atoms with Crippen LogP contribution in [-0.2, 0) is 9.53 Å². The van der Waals surface area contributed by atoms with Gasteiger partial charge in [-0.05, 0) is 18.2 Å². The van der Waals surface area contributed by atoms with E-state index in [1.807, 2.05) is 0 Å². The maximum absolute atomic E-state index is 13.2. The lowest BCUT2D eigenvalue weighted by atomic mass is 9.94. The summed E-state index contributed by atoms with van der Waals surface area (Å²) in [7, 11) is 4.71. The summed E-state index contributed by atoms with van der Waals surface area (Å²) in [4.78, 5) is 29.2. The van der Waals surface area contributed by atoms with E-state index in [1.165, 1.54) is 0 Å². The fourth-order valence-corrected chi connectivity index (χ4v) is 3.55. The highest BCUT2D eigenvalue weighted by Crippen LogP contribution is 2.40. The van der Waals surface area contributed by atoms with Gasteiger partial charge in [0.15, 0.2) is 0 Å².